The van der Waals surface area contributed by atoms with Gasteiger partial charge in [0.1, 0.15) is 5.76 Å². The molecule has 16 heavy (non-hydrogen) atoms. The molecule has 1 aromatic heterocycles. The molecule has 1 saturated heterocycles. The summed E-state index contributed by atoms with van der Waals surface area (Å²) in [6.45, 7) is 7.05. The molecule has 1 unspecified atom stereocenters. The van der Waals surface area contributed by atoms with Gasteiger partial charge in [0.15, 0.2) is 0 Å². The van der Waals surface area contributed by atoms with Gasteiger partial charge in [0, 0.05) is 12.6 Å². The Labute approximate surface area is 97.0 Å². The quantitative estimate of drug-likeness (QED) is 0.842. The second kappa shape index (κ2) is 4.97. The summed E-state index contributed by atoms with van der Waals surface area (Å²) in [6.07, 6.45) is 2.53. The molecule has 2 rings (SSSR count). The minimum atomic E-state index is 0.617. The first kappa shape index (κ1) is 11.6. The highest BCUT2D eigenvalue weighted by atomic mass is 16.4. The number of likely N-dealkylation sites (N-methyl/N-ethyl adjacent to an activating group) is 1. The van der Waals surface area contributed by atoms with Gasteiger partial charge in [-0.1, -0.05) is 0 Å². The Balaban J connectivity index is 1.93. The van der Waals surface area contributed by atoms with E-state index in [9.17, 15) is 0 Å². The van der Waals surface area contributed by atoms with Gasteiger partial charge in [-0.25, -0.2) is 4.98 Å². The average molecular weight is 223 g/mol. The number of hydrogen-bond acceptors (Lipinski definition) is 4. The molecule has 1 atom stereocenters. The van der Waals surface area contributed by atoms with Crippen LogP contribution in [0.5, 0.6) is 0 Å². The molecule has 1 aliphatic rings. The summed E-state index contributed by atoms with van der Waals surface area (Å²) in [4.78, 5) is 6.84. The number of oxazole rings is 1. The van der Waals surface area contributed by atoms with Crippen LogP contribution in [-0.4, -0.2) is 36.1 Å². The molecule has 1 N–H and O–H groups in total. The fourth-order valence-corrected chi connectivity index (χ4v) is 2.23. The van der Waals surface area contributed by atoms with E-state index in [1.165, 1.54) is 12.8 Å². The van der Waals surface area contributed by atoms with Crippen molar-refractivity contribution < 1.29 is 4.42 Å². The molecule has 0 aliphatic carbocycles. The Hall–Kier alpha value is -0.870. The Morgan fingerprint density at radius 2 is 2.31 bits per heavy atom. The molecule has 1 fully saturated rings. The first-order valence-corrected chi connectivity index (χ1v) is 6.01. The maximum absolute atomic E-state index is 5.61. The molecule has 4 nitrogen and oxygen atoms in total. The van der Waals surface area contributed by atoms with Crippen LogP contribution in [0.15, 0.2) is 4.42 Å². The van der Waals surface area contributed by atoms with Crippen molar-refractivity contribution >= 4 is 0 Å². The molecule has 0 radical (unpaired) electrons. The summed E-state index contributed by atoms with van der Waals surface area (Å²) < 4.78 is 5.61. The predicted molar refractivity (Wildman–Crippen MR) is 63.3 cm³/mol. The van der Waals surface area contributed by atoms with E-state index in [2.05, 4.69) is 15.2 Å². The molecule has 1 aliphatic heterocycles. The number of piperidine rings is 1. The molecule has 4 heteroatoms. The number of likely N-dealkylation sites (tertiary alicyclic amines) is 1. The minimum absolute atomic E-state index is 0.617. The van der Waals surface area contributed by atoms with Gasteiger partial charge in [-0.3, -0.25) is 4.90 Å². The van der Waals surface area contributed by atoms with E-state index in [0.29, 0.717) is 6.04 Å². The van der Waals surface area contributed by atoms with Crippen molar-refractivity contribution in [3.05, 3.63) is 17.3 Å². The molecule has 1 aromatic rings. The minimum Gasteiger partial charge on any atom is -0.444 e. The van der Waals surface area contributed by atoms with Gasteiger partial charge in [-0.2, -0.15) is 0 Å². The van der Waals surface area contributed by atoms with Crippen LogP contribution < -0.4 is 5.32 Å². The zero-order valence-corrected chi connectivity index (χ0v) is 10.4. The van der Waals surface area contributed by atoms with Gasteiger partial charge < -0.3 is 9.73 Å². The van der Waals surface area contributed by atoms with Crippen LogP contribution in [-0.2, 0) is 6.54 Å². The van der Waals surface area contributed by atoms with E-state index >= 15 is 0 Å². The van der Waals surface area contributed by atoms with E-state index in [0.717, 1.165) is 37.0 Å². The van der Waals surface area contributed by atoms with Crippen LogP contribution in [0.3, 0.4) is 0 Å². The van der Waals surface area contributed by atoms with E-state index in [4.69, 9.17) is 4.42 Å². The predicted octanol–water partition coefficient (Wildman–Crippen LogP) is 1.48. The fraction of sp³-hybridized carbons (Fsp3) is 0.750. The Bertz CT molecular complexity index is 329. The first-order chi connectivity index (χ1) is 7.69. The monoisotopic (exact) mass is 223 g/mol. The third-order valence-electron chi connectivity index (χ3n) is 3.35. The average Bonchev–Trinajstić information content (AvgIpc) is 2.58. The number of nitrogens with one attached hydrogen (secondary N) is 1. The lowest BCUT2D eigenvalue weighted by molar-refractivity contribution is 0.172. The number of nitrogens with zero attached hydrogens (tertiary/aromatic N) is 2. The Morgan fingerprint density at radius 1 is 1.50 bits per heavy atom. The Kier molecular flexibility index (Phi) is 3.61. The van der Waals surface area contributed by atoms with Crippen molar-refractivity contribution in [1.82, 2.24) is 15.2 Å². The van der Waals surface area contributed by atoms with Crippen molar-refractivity contribution in [1.29, 1.82) is 0 Å². The van der Waals surface area contributed by atoms with Crippen LogP contribution in [0.1, 0.15) is 30.2 Å². The third kappa shape index (κ3) is 2.62. The van der Waals surface area contributed by atoms with Crippen LogP contribution >= 0.6 is 0 Å². The second-order valence-corrected chi connectivity index (χ2v) is 4.61. The second-order valence-electron chi connectivity index (χ2n) is 4.61. The van der Waals surface area contributed by atoms with E-state index < -0.39 is 0 Å². The number of aryl methyl sites for hydroxylation is 2. The summed E-state index contributed by atoms with van der Waals surface area (Å²) in [6, 6.07) is 0.617. The number of hydrogen-bond donors (Lipinski definition) is 1. The highest BCUT2D eigenvalue weighted by Crippen LogP contribution is 2.15. The maximum Gasteiger partial charge on any atom is 0.208 e. The standard InChI is InChI=1S/C12H21N3O/c1-9-10(2)16-12(14-9)8-15-6-4-5-11(7-15)13-3/h11,13H,4-8H2,1-3H3. The van der Waals surface area contributed by atoms with Gasteiger partial charge in [0.05, 0.1) is 12.2 Å². The van der Waals surface area contributed by atoms with Crippen molar-refractivity contribution in [2.75, 3.05) is 20.1 Å². The smallest absolute Gasteiger partial charge is 0.208 e. The zero-order chi connectivity index (χ0) is 11.5. The van der Waals surface area contributed by atoms with E-state index in [-0.39, 0.29) is 0 Å². The van der Waals surface area contributed by atoms with Crippen LogP contribution in [0.4, 0.5) is 0 Å². The zero-order valence-electron chi connectivity index (χ0n) is 10.4. The van der Waals surface area contributed by atoms with Crippen molar-refractivity contribution in [3.8, 4) is 0 Å². The number of aromatic nitrogens is 1. The summed E-state index contributed by atoms with van der Waals surface area (Å²) >= 11 is 0. The summed E-state index contributed by atoms with van der Waals surface area (Å²) in [7, 11) is 2.04. The molecule has 0 bridgehead atoms. The largest absolute Gasteiger partial charge is 0.444 e. The van der Waals surface area contributed by atoms with Gasteiger partial charge in [0.2, 0.25) is 5.89 Å². The Morgan fingerprint density at radius 3 is 2.94 bits per heavy atom. The van der Waals surface area contributed by atoms with E-state index in [1.54, 1.807) is 0 Å². The molecule has 0 aromatic carbocycles. The summed E-state index contributed by atoms with van der Waals surface area (Å²) in [5, 5.41) is 3.34. The van der Waals surface area contributed by atoms with Crippen molar-refractivity contribution in [2.24, 2.45) is 0 Å². The van der Waals surface area contributed by atoms with Gasteiger partial charge in [-0.05, 0) is 40.3 Å². The lowest BCUT2D eigenvalue weighted by Gasteiger charge is -2.31. The third-order valence-corrected chi connectivity index (χ3v) is 3.35. The summed E-state index contributed by atoms with van der Waals surface area (Å²) in [5.74, 6) is 1.80. The van der Waals surface area contributed by atoms with E-state index in [1.807, 2.05) is 20.9 Å². The lowest BCUT2D eigenvalue weighted by atomic mass is 10.1. The highest BCUT2D eigenvalue weighted by molar-refractivity contribution is 5.05. The molecular formula is C12H21N3O. The fourth-order valence-electron chi connectivity index (χ4n) is 2.23. The van der Waals surface area contributed by atoms with Gasteiger partial charge >= 0.3 is 0 Å². The van der Waals surface area contributed by atoms with Gasteiger partial charge in [-0.15, -0.1) is 0 Å². The number of rotatable bonds is 3. The molecule has 0 saturated carbocycles. The van der Waals surface area contributed by atoms with Crippen molar-refractivity contribution in [2.45, 2.75) is 39.3 Å². The molecule has 90 valence electrons. The maximum atomic E-state index is 5.61. The van der Waals surface area contributed by atoms with Crippen molar-refractivity contribution in [3.63, 3.8) is 0 Å². The first-order valence-electron chi connectivity index (χ1n) is 6.01. The normalized spacial score (nSPS) is 22.6. The van der Waals surface area contributed by atoms with Crippen LogP contribution in [0, 0.1) is 13.8 Å². The molecule has 0 amide bonds. The topological polar surface area (TPSA) is 41.3 Å². The molecular weight excluding hydrogens is 202 g/mol. The summed E-state index contributed by atoms with van der Waals surface area (Å²) in [5.41, 5.74) is 1.01. The van der Waals surface area contributed by atoms with Gasteiger partial charge in [0.25, 0.3) is 0 Å². The highest BCUT2D eigenvalue weighted by Gasteiger charge is 2.20. The lowest BCUT2D eigenvalue weighted by Crippen LogP contribution is -2.43. The molecule has 0 spiro atoms. The molecule has 2 heterocycles. The van der Waals surface area contributed by atoms with Crippen LogP contribution in [0.25, 0.3) is 0 Å². The SMILES string of the molecule is CNC1CCCN(Cc2nc(C)c(C)o2)C1. The van der Waals surface area contributed by atoms with Crippen LogP contribution in [0.2, 0.25) is 0 Å².